The average molecular weight is 337 g/mol. The van der Waals surface area contributed by atoms with E-state index in [1.165, 1.54) is 0 Å². The molecule has 1 aliphatic rings. The van der Waals surface area contributed by atoms with E-state index in [9.17, 15) is 9.00 Å². The number of benzene rings is 1. The summed E-state index contributed by atoms with van der Waals surface area (Å²) in [7, 11) is -1.16. The average Bonchev–Trinajstić information content (AvgIpc) is 2.96. The zero-order valence-corrected chi connectivity index (χ0v) is 15.6. The molecule has 1 aromatic rings. The highest BCUT2D eigenvalue weighted by Gasteiger charge is 2.38. The van der Waals surface area contributed by atoms with E-state index in [2.05, 4.69) is 12.2 Å². The van der Waals surface area contributed by atoms with Crippen LogP contribution in [-0.4, -0.2) is 31.8 Å². The van der Waals surface area contributed by atoms with E-state index in [1.54, 1.807) is 0 Å². The molecule has 0 radical (unpaired) electrons. The predicted molar refractivity (Wildman–Crippen MR) is 96.8 cm³/mol. The maximum absolute atomic E-state index is 12.8. The summed E-state index contributed by atoms with van der Waals surface area (Å²) in [5, 5.41) is 3.09. The predicted octanol–water partition coefficient (Wildman–Crippen LogP) is 3.42. The van der Waals surface area contributed by atoms with Gasteiger partial charge in [-0.15, -0.1) is 0 Å². The van der Waals surface area contributed by atoms with Crippen LogP contribution in [0, 0.1) is 6.92 Å². The molecule has 0 aromatic heterocycles. The molecule has 23 heavy (non-hydrogen) atoms. The molecule has 0 spiro atoms. The standard InChI is InChI=1S/C18H28N2O2S/c1-6-14-10-7-9-13(2)16(14)19-17(21)15-11-8-12-20(15)23(22)18(3,4)5/h7,9-10,15H,6,8,11-12H2,1-5H3,(H,19,21). The van der Waals surface area contributed by atoms with Gasteiger partial charge in [-0.05, 0) is 58.1 Å². The van der Waals surface area contributed by atoms with Crippen LogP contribution in [0.25, 0.3) is 0 Å². The van der Waals surface area contributed by atoms with Crippen LogP contribution in [0.2, 0.25) is 0 Å². The zero-order chi connectivity index (χ0) is 17.2. The smallest absolute Gasteiger partial charge is 0.242 e. The lowest BCUT2D eigenvalue weighted by Crippen LogP contribution is -2.45. The Morgan fingerprint density at radius 3 is 2.70 bits per heavy atom. The second-order valence-electron chi connectivity index (χ2n) is 7.11. The Balaban J connectivity index is 2.19. The number of hydrogen-bond donors (Lipinski definition) is 1. The van der Waals surface area contributed by atoms with Gasteiger partial charge < -0.3 is 5.32 Å². The molecule has 2 rings (SSSR count). The van der Waals surface area contributed by atoms with Crippen molar-refractivity contribution >= 4 is 22.6 Å². The minimum Gasteiger partial charge on any atom is -0.324 e. The van der Waals surface area contributed by atoms with Gasteiger partial charge in [0, 0.05) is 12.2 Å². The minimum absolute atomic E-state index is 0.0379. The largest absolute Gasteiger partial charge is 0.324 e. The molecule has 1 amide bonds. The second kappa shape index (κ2) is 7.14. The van der Waals surface area contributed by atoms with Crippen LogP contribution in [0.1, 0.15) is 51.7 Å². The lowest BCUT2D eigenvalue weighted by molar-refractivity contribution is -0.119. The molecule has 4 nitrogen and oxygen atoms in total. The Bertz CT molecular complexity index is 608. The van der Waals surface area contributed by atoms with Gasteiger partial charge in [-0.1, -0.05) is 25.1 Å². The van der Waals surface area contributed by atoms with Gasteiger partial charge in [0.1, 0.15) is 17.0 Å². The molecule has 1 heterocycles. The summed E-state index contributed by atoms with van der Waals surface area (Å²) in [4.78, 5) is 12.8. The van der Waals surface area contributed by atoms with E-state index in [4.69, 9.17) is 0 Å². The van der Waals surface area contributed by atoms with E-state index in [-0.39, 0.29) is 16.7 Å². The Labute approximate surface area is 142 Å². The minimum atomic E-state index is -1.16. The molecule has 5 heteroatoms. The third-order valence-corrected chi connectivity index (χ3v) is 6.14. The second-order valence-corrected chi connectivity index (χ2v) is 9.30. The van der Waals surface area contributed by atoms with Crippen molar-refractivity contribution in [2.75, 3.05) is 11.9 Å². The van der Waals surface area contributed by atoms with Gasteiger partial charge in [-0.25, -0.2) is 8.51 Å². The van der Waals surface area contributed by atoms with Crippen LogP contribution < -0.4 is 5.32 Å². The van der Waals surface area contributed by atoms with Crippen molar-refractivity contribution in [2.24, 2.45) is 0 Å². The number of carbonyl (C=O) groups is 1. The third kappa shape index (κ3) is 4.01. The number of nitrogens with one attached hydrogen (secondary N) is 1. The van der Waals surface area contributed by atoms with Gasteiger partial charge in [0.25, 0.3) is 0 Å². The van der Waals surface area contributed by atoms with Crippen molar-refractivity contribution in [3.63, 3.8) is 0 Å². The van der Waals surface area contributed by atoms with Gasteiger partial charge in [-0.2, -0.15) is 0 Å². The van der Waals surface area contributed by atoms with E-state index in [1.807, 2.05) is 50.2 Å². The van der Waals surface area contributed by atoms with Gasteiger partial charge in [-0.3, -0.25) is 4.79 Å². The zero-order valence-electron chi connectivity index (χ0n) is 14.8. The van der Waals surface area contributed by atoms with Crippen molar-refractivity contribution in [3.05, 3.63) is 29.3 Å². The maximum atomic E-state index is 12.8. The summed E-state index contributed by atoms with van der Waals surface area (Å²) in [6, 6.07) is 5.76. The van der Waals surface area contributed by atoms with Gasteiger partial charge >= 0.3 is 0 Å². The van der Waals surface area contributed by atoms with Crippen LogP contribution in [0.4, 0.5) is 5.69 Å². The van der Waals surface area contributed by atoms with Crippen molar-refractivity contribution < 1.29 is 9.00 Å². The molecule has 0 aliphatic carbocycles. The first kappa shape index (κ1) is 18.1. The first-order chi connectivity index (χ1) is 10.8. The highest BCUT2D eigenvalue weighted by Crippen LogP contribution is 2.28. The Morgan fingerprint density at radius 2 is 2.09 bits per heavy atom. The number of para-hydroxylation sites is 1. The fourth-order valence-electron chi connectivity index (χ4n) is 2.96. The Hall–Kier alpha value is -1.20. The normalized spacial score (nSPS) is 20.5. The summed E-state index contributed by atoms with van der Waals surface area (Å²) in [6.07, 6.45) is 2.55. The number of anilines is 1. The Morgan fingerprint density at radius 1 is 1.39 bits per heavy atom. The summed E-state index contributed by atoms with van der Waals surface area (Å²) >= 11 is 0. The molecule has 2 atom stereocenters. The quantitative estimate of drug-likeness (QED) is 0.916. The molecular formula is C18H28N2O2S. The topological polar surface area (TPSA) is 49.4 Å². The molecule has 1 N–H and O–H groups in total. The van der Waals surface area contributed by atoms with E-state index in [0.717, 1.165) is 42.6 Å². The molecule has 0 saturated carbocycles. The fourth-order valence-corrected chi connectivity index (χ4v) is 4.39. The number of rotatable bonds is 4. The fraction of sp³-hybridized carbons (Fsp3) is 0.611. The molecule has 128 valence electrons. The first-order valence-corrected chi connectivity index (χ1v) is 9.44. The van der Waals surface area contributed by atoms with Gasteiger partial charge in [0.2, 0.25) is 5.91 Å². The van der Waals surface area contributed by atoms with Crippen LogP contribution in [-0.2, 0) is 22.2 Å². The molecule has 1 fully saturated rings. The monoisotopic (exact) mass is 336 g/mol. The highest BCUT2D eigenvalue weighted by molar-refractivity contribution is 7.84. The van der Waals surface area contributed by atoms with Crippen LogP contribution in [0.15, 0.2) is 18.2 Å². The molecule has 0 bridgehead atoms. The van der Waals surface area contributed by atoms with Gasteiger partial charge in [0.05, 0.1) is 4.75 Å². The van der Waals surface area contributed by atoms with E-state index < -0.39 is 11.0 Å². The molecular weight excluding hydrogens is 308 g/mol. The Kier molecular flexibility index (Phi) is 5.63. The number of aryl methyl sites for hydroxylation is 2. The number of nitrogens with zero attached hydrogens (tertiary/aromatic N) is 1. The summed E-state index contributed by atoms with van der Waals surface area (Å²) in [5.41, 5.74) is 3.12. The van der Waals surface area contributed by atoms with Crippen LogP contribution >= 0.6 is 0 Å². The molecule has 1 saturated heterocycles. The number of carbonyl (C=O) groups excluding carboxylic acids is 1. The van der Waals surface area contributed by atoms with Gasteiger partial charge in [0.15, 0.2) is 0 Å². The highest BCUT2D eigenvalue weighted by atomic mass is 32.2. The van der Waals surface area contributed by atoms with E-state index >= 15 is 0 Å². The molecule has 1 aromatic carbocycles. The lowest BCUT2D eigenvalue weighted by Gasteiger charge is -2.29. The number of amides is 1. The summed E-state index contributed by atoms with van der Waals surface area (Å²) < 4.78 is 14.2. The third-order valence-electron chi connectivity index (χ3n) is 4.23. The van der Waals surface area contributed by atoms with Crippen molar-refractivity contribution in [2.45, 2.75) is 64.7 Å². The van der Waals surface area contributed by atoms with E-state index in [0.29, 0.717) is 0 Å². The van der Waals surface area contributed by atoms with Crippen LogP contribution in [0.3, 0.4) is 0 Å². The maximum Gasteiger partial charge on any atom is 0.242 e. The SMILES string of the molecule is CCc1cccc(C)c1NC(=O)C1CCCN1S(=O)C(C)(C)C. The lowest BCUT2D eigenvalue weighted by atomic mass is 10.1. The van der Waals surface area contributed by atoms with Crippen molar-refractivity contribution in [3.8, 4) is 0 Å². The van der Waals surface area contributed by atoms with Crippen LogP contribution in [0.5, 0.6) is 0 Å². The first-order valence-electron chi connectivity index (χ1n) is 8.33. The summed E-state index contributed by atoms with van der Waals surface area (Å²) in [6.45, 7) is 10.7. The van der Waals surface area contributed by atoms with Crippen molar-refractivity contribution in [1.82, 2.24) is 4.31 Å². The molecule has 2 unspecified atom stereocenters. The van der Waals surface area contributed by atoms with Crippen molar-refractivity contribution in [1.29, 1.82) is 0 Å². The molecule has 1 aliphatic heterocycles. The number of hydrogen-bond acceptors (Lipinski definition) is 2. The summed E-state index contributed by atoms with van der Waals surface area (Å²) in [5.74, 6) is -0.0379.